The van der Waals surface area contributed by atoms with Gasteiger partial charge in [0.1, 0.15) is 0 Å². The minimum atomic E-state index is 0.561. The van der Waals surface area contributed by atoms with Crippen LogP contribution in [0.1, 0.15) is 65.2 Å². The first-order chi connectivity index (χ1) is 7.85. The summed E-state index contributed by atoms with van der Waals surface area (Å²) < 4.78 is 5.20. The monoisotopic (exact) mass is 229 g/mol. The lowest BCUT2D eigenvalue weighted by atomic mass is 10.1. The minimum Gasteiger partial charge on any atom is -0.383 e. The highest BCUT2D eigenvalue weighted by Crippen LogP contribution is 2.09. The molecule has 1 atom stereocenters. The molecule has 0 aromatic rings. The number of nitrogens with one attached hydrogen (secondary N) is 1. The molecule has 1 unspecified atom stereocenters. The molecule has 0 radical (unpaired) electrons. The molecular weight excluding hydrogens is 198 g/mol. The van der Waals surface area contributed by atoms with Gasteiger partial charge >= 0.3 is 0 Å². The van der Waals surface area contributed by atoms with E-state index in [9.17, 15) is 0 Å². The Bertz CT molecular complexity index is 122. The van der Waals surface area contributed by atoms with Gasteiger partial charge < -0.3 is 10.1 Å². The van der Waals surface area contributed by atoms with E-state index in [0.29, 0.717) is 6.04 Å². The summed E-state index contributed by atoms with van der Waals surface area (Å²) in [6.45, 7) is 6.33. The maximum absolute atomic E-state index is 5.20. The van der Waals surface area contributed by atoms with E-state index in [2.05, 4.69) is 19.2 Å². The molecule has 0 rings (SSSR count). The molecule has 0 amide bonds. The summed E-state index contributed by atoms with van der Waals surface area (Å²) in [7, 11) is 1.79. The zero-order chi connectivity index (χ0) is 12.1. The molecule has 0 fully saturated rings. The maximum atomic E-state index is 5.20. The van der Waals surface area contributed by atoms with Crippen LogP contribution in [-0.2, 0) is 4.74 Å². The molecule has 0 saturated carbocycles. The molecule has 0 aromatic heterocycles. The summed E-state index contributed by atoms with van der Waals surface area (Å²) in [5, 5.41) is 3.47. The molecule has 0 heterocycles. The topological polar surface area (TPSA) is 21.3 Å². The number of rotatable bonds is 12. The molecular formula is C14H31NO. The second-order valence-corrected chi connectivity index (χ2v) is 4.62. The van der Waals surface area contributed by atoms with Crippen molar-refractivity contribution < 1.29 is 4.74 Å². The number of methoxy groups -OCH3 is 1. The third-order valence-electron chi connectivity index (χ3n) is 3.02. The summed E-state index contributed by atoms with van der Waals surface area (Å²) in [5.41, 5.74) is 0. The van der Waals surface area contributed by atoms with Gasteiger partial charge in [-0.25, -0.2) is 0 Å². The van der Waals surface area contributed by atoms with Crippen molar-refractivity contribution in [2.24, 2.45) is 0 Å². The van der Waals surface area contributed by atoms with Crippen molar-refractivity contribution in [2.45, 2.75) is 71.3 Å². The maximum Gasteiger partial charge on any atom is 0.0615 e. The first-order valence-electron chi connectivity index (χ1n) is 7.07. The van der Waals surface area contributed by atoms with Crippen molar-refractivity contribution in [3.05, 3.63) is 0 Å². The molecule has 0 spiro atoms. The Hall–Kier alpha value is -0.0800. The van der Waals surface area contributed by atoms with E-state index in [-0.39, 0.29) is 0 Å². The molecule has 0 aliphatic heterocycles. The number of likely N-dealkylation sites (N-methyl/N-ethyl adjacent to an activating group) is 1. The fourth-order valence-electron chi connectivity index (χ4n) is 2.08. The van der Waals surface area contributed by atoms with Crippen molar-refractivity contribution in [3.63, 3.8) is 0 Å². The third kappa shape index (κ3) is 10.4. The first-order valence-corrected chi connectivity index (χ1v) is 7.07. The summed E-state index contributed by atoms with van der Waals surface area (Å²) >= 11 is 0. The van der Waals surface area contributed by atoms with Crippen LogP contribution in [0.4, 0.5) is 0 Å². The third-order valence-corrected chi connectivity index (χ3v) is 3.02. The van der Waals surface area contributed by atoms with Crippen LogP contribution in [-0.4, -0.2) is 26.3 Å². The zero-order valence-electron chi connectivity index (χ0n) is 11.6. The second-order valence-electron chi connectivity index (χ2n) is 4.62. The van der Waals surface area contributed by atoms with Gasteiger partial charge in [-0.05, 0) is 13.0 Å². The Labute approximate surface area is 102 Å². The lowest BCUT2D eigenvalue weighted by Crippen LogP contribution is -2.32. The molecule has 98 valence electrons. The van der Waals surface area contributed by atoms with Gasteiger partial charge in [-0.15, -0.1) is 0 Å². The Morgan fingerprint density at radius 3 is 2.12 bits per heavy atom. The molecule has 1 N–H and O–H groups in total. The molecule has 0 aliphatic carbocycles. The van der Waals surface area contributed by atoms with Gasteiger partial charge in [-0.2, -0.15) is 0 Å². The first kappa shape index (κ1) is 15.9. The summed E-state index contributed by atoms with van der Waals surface area (Å²) in [6.07, 6.45) is 11.0. The Kier molecular flexibility index (Phi) is 12.9. The number of hydrogen-bond acceptors (Lipinski definition) is 2. The van der Waals surface area contributed by atoms with Crippen LogP contribution in [0.25, 0.3) is 0 Å². The highest BCUT2D eigenvalue weighted by molar-refractivity contribution is 4.64. The van der Waals surface area contributed by atoms with E-state index in [4.69, 9.17) is 4.74 Å². The van der Waals surface area contributed by atoms with Crippen molar-refractivity contribution in [1.29, 1.82) is 0 Å². The van der Waals surface area contributed by atoms with E-state index in [1.54, 1.807) is 7.11 Å². The molecule has 16 heavy (non-hydrogen) atoms. The molecule has 0 bridgehead atoms. The fourth-order valence-corrected chi connectivity index (χ4v) is 2.08. The average molecular weight is 229 g/mol. The van der Waals surface area contributed by atoms with Gasteiger partial charge in [0.05, 0.1) is 6.61 Å². The predicted octanol–water partition coefficient (Wildman–Crippen LogP) is 3.75. The number of ether oxygens (including phenoxy) is 1. The zero-order valence-corrected chi connectivity index (χ0v) is 11.6. The standard InChI is InChI=1S/C14H31NO/c1-4-6-7-8-9-10-11-12-14(13-16-3)15-5-2/h14-15H,4-13H2,1-3H3. The van der Waals surface area contributed by atoms with Crippen molar-refractivity contribution in [1.82, 2.24) is 5.32 Å². The molecule has 0 aromatic carbocycles. The van der Waals surface area contributed by atoms with Crippen LogP contribution in [0.15, 0.2) is 0 Å². The smallest absolute Gasteiger partial charge is 0.0615 e. The van der Waals surface area contributed by atoms with Crippen LogP contribution in [0, 0.1) is 0 Å². The molecule has 0 aliphatic rings. The number of unbranched alkanes of at least 4 members (excludes halogenated alkanes) is 6. The summed E-state index contributed by atoms with van der Waals surface area (Å²) in [5.74, 6) is 0. The highest BCUT2D eigenvalue weighted by atomic mass is 16.5. The van der Waals surface area contributed by atoms with E-state index in [1.165, 1.54) is 51.4 Å². The van der Waals surface area contributed by atoms with E-state index < -0.39 is 0 Å². The SMILES string of the molecule is CCCCCCCCCC(COC)NCC. The molecule has 0 saturated heterocycles. The van der Waals surface area contributed by atoms with Crippen LogP contribution in [0.3, 0.4) is 0 Å². The van der Waals surface area contributed by atoms with Crippen LogP contribution >= 0.6 is 0 Å². The van der Waals surface area contributed by atoms with Gasteiger partial charge in [0.25, 0.3) is 0 Å². The summed E-state index contributed by atoms with van der Waals surface area (Å²) in [6, 6.07) is 0.561. The summed E-state index contributed by atoms with van der Waals surface area (Å²) in [4.78, 5) is 0. The van der Waals surface area contributed by atoms with Crippen LogP contribution in [0.2, 0.25) is 0 Å². The quantitative estimate of drug-likeness (QED) is 0.515. The predicted molar refractivity (Wildman–Crippen MR) is 72.0 cm³/mol. The van der Waals surface area contributed by atoms with E-state index in [1.807, 2.05) is 0 Å². The lowest BCUT2D eigenvalue weighted by molar-refractivity contribution is 0.162. The second kappa shape index (κ2) is 13.0. The van der Waals surface area contributed by atoms with Crippen LogP contribution < -0.4 is 5.32 Å². The molecule has 2 heteroatoms. The largest absolute Gasteiger partial charge is 0.383 e. The van der Waals surface area contributed by atoms with Gasteiger partial charge in [-0.3, -0.25) is 0 Å². The van der Waals surface area contributed by atoms with Crippen molar-refractivity contribution >= 4 is 0 Å². The fraction of sp³-hybridized carbons (Fsp3) is 1.00. The van der Waals surface area contributed by atoms with E-state index in [0.717, 1.165) is 13.2 Å². The van der Waals surface area contributed by atoms with Crippen molar-refractivity contribution in [3.8, 4) is 0 Å². The Morgan fingerprint density at radius 1 is 0.938 bits per heavy atom. The van der Waals surface area contributed by atoms with Gasteiger partial charge in [-0.1, -0.05) is 58.8 Å². The number of hydrogen-bond donors (Lipinski definition) is 1. The average Bonchev–Trinajstić information content (AvgIpc) is 2.28. The van der Waals surface area contributed by atoms with E-state index >= 15 is 0 Å². The van der Waals surface area contributed by atoms with Gasteiger partial charge in [0.2, 0.25) is 0 Å². The molecule has 2 nitrogen and oxygen atoms in total. The Morgan fingerprint density at radius 2 is 1.56 bits per heavy atom. The normalized spacial score (nSPS) is 12.9. The van der Waals surface area contributed by atoms with Gasteiger partial charge in [0, 0.05) is 13.2 Å². The lowest BCUT2D eigenvalue weighted by Gasteiger charge is -2.16. The van der Waals surface area contributed by atoms with Gasteiger partial charge in [0.15, 0.2) is 0 Å². The Balaban J connectivity index is 3.25. The minimum absolute atomic E-state index is 0.561. The van der Waals surface area contributed by atoms with Crippen molar-refractivity contribution in [2.75, 3.05) is 20.3 Å². The van der Waals surface area contributed by atoms with Crippen LogP contribution in [0.5, 0.6) is 0 Å². The highest BCUT2D eigenvalue weighted by Gasteiger charge is 2.05.